The molecule has 0 fully saturated rings. The quantitative estimate of drug-likeness (QED) is 0.926. The van der Waals surface area contributed by atoms with Crippen LogP contribution in [-0.4, -0.2) is 0 Å². The molecule has 2 aromatic carbocycles. The largest absolute Gasteiger partial charge is 0.457 e. The molecule has 3 nitrogen and oxygen atoms in total. The first-order valence-electron chi connectivity index (χ1n) is 5.83. The Hall–Kier alpha value is -1.83. The van der Waals surface area contributed by atoms with Gasteiger partial charge in [0.1, 0.15) is 11.5 Å². The van der Waals surface area contributed by atoms with E-state index in [1.165, 1.54) is 0 Å². The summed E-state index contributed by atoms with van der Waals surface area (Å²) in [7, 11) is 0. The van der Waals surface area contributed by atoms with Gasteiger partial charge in [0.2, 0.25) is 0 Å². The minimum atomic E-state index is -0.123. The number of halogens is 1. The summed E-state index contributed by atoms with van der Waals surface area (Å²) in [5.41, 5.74) is 7.41. The third kappa shape index (κ3) is 3.34. The molecule has 96 valence electrons. The highest BCUT2D eigenvalue weighted by Gasteiger charge is 2.10. The Morgan fingerprint density at radius 2 is 2.05 bits per heavy atom. The highest BCUT2D eigenvalue weighted by Crippen LogP contribution is 2.31. The molecule has 0 aliphatic carbocycles. The summed E-state index contributed by atoms with van der Waals surface area (Å²) >= 11 is 3.41. The van der Waals surface area contributed by atoms with Crippen LogP contribution >= 0.6 is 15.9 Å². The molecule has 0 bridgehead atoms. The predicted octanol–water partition coefficient (Wildman–Crippen LogP) is 4.13. The molecule has 0 spiro atoms. The van der Waals surface area contributed by atoms with Gasteiger partial charge in [-0.15, -0.1) is 0 Å². The van der Waals surface area contributed by atoms with Gasteiger partial charge in [0.15, 0.2) is 0 Å². The van der Waals surface area contributed by atoms with Gasteiger partial charge in [-0.3, -0.25) is 0 Å². The maximum atomic E-state index is 8.88. The van der Waals surface area contributed by atoms with Crippen molar-refractivity contribution in [1.82, 2.24) is 0 Å². The van der Waals surface area contributed by atoms with E-state index in [1.54, 1.807) is 18.2 Å². The van der Waals surface area contributed by atoms with Crippen LogP contribution in [0.15, 0.2) is 46.9 Å². The highest BCUT2D eigenvalue weighted by molar-refractivity contribution is 9.10. The first kappa shape index (κ1) is 13.6. The van der Waals surface area contributed by atoms with Crippen LogP contribution in [0.2, 0.25) is 0 Å². The minimum absolute atomic E-state index is 0.123. The van der Waals surface area contributed by atoms with Crippen LogP contribution in [-0.2, 0) is 0 Å². The number of nitrogens with zero attached hydrogens (tertiary/aromatic N) is 1. The SMILES string of the molecule is CC(N)c1ccc(Br)cc1Oc1cccc(C#N)c1. The maximum absolute atomic E-state index is 8.88. The fourth-order valence-corrected chi connectivity index (χ4v) is 2.07. The summed E-state index contributed by atoms with van der Waals surface area (Å²) in [5.74, 6) is 1.32. The number of hydrogen-bond acceptors (Lipinski definition) is 3. The second-order valence-electron chi connectivity index (χ2n) is 4.21. The molecule has 19 heavy (non-hydrogen) atoms. The number of nitrogens with two attached hydrogens (primary N) is 1. The molecule has 0 amide bonds. The van der Waals surface area contributed by atoms with E-state index in [0.717, 1.165) is 10.0 Å². The number of ether oxygens (including phenoxy) is 1. The Bertz CT molecular complexity index is 632. The molecule has 0 saturated carbocycles. The van der Waals surface area contributed by atoms with Gasteiger partial charge in [-0.2, -0.15) is 5.26 Å². The van der Waals surface area contributed by atoms with Crippen molar-refractivity contribution in [1.29, 1.82) is 5.26 Å². The Kier molecular flexibility index (Phi) is 4.20. The van der Waals surface area contributed by atoms with Gasteiger partial charge >= 0.3 is 0 Å². The molecule has 2 N–H and O–H groups in total. The molecule has 0 saturated heterocycles. The van der Waals surface area contributed by atoms with Crippen LogP contribution in [0, 0.1) is 11.3 Å². The van der Waals surface area contributed by atoms with Crippen molar-refractivity contribution < 1.29 is 4.74 Å². The van der Waals surface area contributed by atoms with E-state index in [-0.39, 0.29) is 6.04 Å². The van der Waals surface area contributed by atoms with E-state index in [2.05, 4.69) is 22.0 Å². The van der Waals surface area contributed by atoms with E-state index in [0.29, 0.717) is 17.1 Å². The molecular formula is C15H13BrN2O. The number of nitriles is 1. The lowest BCUT2D eigenvalue weighted by atomic mass is 10.1. The van der Waals surface area contributed by atoms with E-state index < -0.39 is 0 Å². The smallest absolute Gasteiger partial charge is 0.133 e. The Labute approximate surface area is 120 Å². The molecule has 0 radical (unpaired) electrons. The zero-order chi connectivity index (χ0) is 13.8. The molecule has 4 heteroatoms. The number of rotatable bonds is 3. The summed E-state index contributed by atoms with van der Waals surface area (Å²) in [6.07, 6.45) is 0. The third-order valence-electron chi connectivity index (χ3n) is 2.66. The lowest BCUT2D eigenvalue weighted by Gasteiger charge is -2.14. The molecule has 0 aromatic heterocycles. The number of hydrogen-bond donors (Lipinski definition) is 1. The minimum Gasteiger partial charge on any atom is -0.457 e. The van der Waals surface area contributed by atoms with Gasteiger partial charge in [-0.25, -0.2) is 0 Å². The van der Waals surface area contributed by atoms with Crippen molar-refractivity contribution >= 4 is 15.9 Å². The van der Waals surface area contributed by atoms with E-state index in [4.69, 9.17) is 15.7 Å². The monoisotopic (exact) mass is 316 g/mol. The molecule has 1 unspecified atom stereocenters. The predicted molar refractivity (Wildman–Crippen MR) is 78.0 cm³/mol. The standard InChI is InChI=1S/C15H13BrN2O/c1-10(18)14-6-5-12(16)8-15(14)19-13-4-2-3-11(7-13)9-17/h2-8,10H,18H2,1H3. The van der Waals surface area contributed by atoms with Crippen molar-refractivity contribution in [2.75, 3.05) is 0 Å². The van der Waals surface area contributed by atoms with Crippen LogP contribution in [0.3, 0.4) is 0 Å². The Morgan fingerprint density at radius 3 is 2.74 bits per heavy atom. The summed E-state index contributed by atoms with van der Waals surface area (Å²) < 4.78 is 6.75. The molecule has 1 atom stereocenters. The van der Waals surface area contributed by atoms with Crippen LogP contribution in [0.1, 0.15) is 24.1 Å². The normalized spacial score (nSPS) is 11.7. The summed E-state index contributed by atoms with van der Waals surface area (Å²) in [4.78, 5) is 0. The second-order valence-corrected chi connectivity index (χ2v) is 5.13. The zero-order valence-corrected chi connectivity index (χ0v) is 12.0. The third-order valence-corrected chi connectivity index (χ3v) is 3.15. The molecule has 0 aliphatic rings. The van der Waals surface area contributed by atoms with E-state index in [9.17, 15) is 0 Å². The lowest BCUT2D eigenvalue weighted by Crippen LogP contribution is -2.06. The molecule has 0 aliphatic heterocycles. The van der Waals surface area contributed by atoms with Gasteiger partial charge in [-0.05, 0) is 37.3 Å². The van der Waals surface area contributed by atoms with Crippen molar-refractivity contribution in [3.63, 3.8) is 0 Å². The van der Waals surface area contributed by atoms with Crippen LogP contribution in [0.4, 0.5) is 0 Å². The fraction of sp³-hybridized carbons (Fsp3) is 0.133. The summed E-state index contributed by atoms with van der Waals surface area (Å²) in [6, 6.07) is 14.7. The average Bonchev–Trinajstić information content (AvgIpc) is 2.38. The molecular weight excluding hydrogens is 304 g/mol. The van der Waals surface area contributed by atoms with Gasteiger partial charge in [0.25, 0.3) is 0 Å². The van der Waals surface area contributed by atoms with E-state index in [1.807, 2.05) is 31.2 Å². The lowest BCUT2D eigenvalue weighted by molar-refractivity contribution is 0.471. The molecule has 2 rings (SSSR count). The van der Waals surface area contributed by atoms with Crippen LogP contribution in [0.5, 0.6) is 11.5 Å². The first-order chi connectivity index (χ1) is 9.10. The summed E-state index contributed by atoms with van der Waals surface area (Å²) in [5, 5.41) is 8.88. The Balaban J connectivity index is 2.37. The van der Waals surface area contributed by atoms with Crippen LogP contribution < -0.4 is 10.5 Å². The zero-order valence-electron chi connectivity index (χ0n) is 10.4. The van der Waals surface area contributed by atoms with Crippen molar-refractivity contribution in [2.24, 2.45) is 5.73 Å². The maximum Gasteiger partial charge on any atom is 0.133 e. The second kappa shape index (κ2) is 5.87. The molecule has 2 aromatic rings. The van der Waals surface area contributed by atoms with E-state index >= 15 is 0 Å². The van der Waals surface area contributed by atoms with Crippen molar-refractivity contribution in [3.8, 4) is 17.6 Å². The van der Waals surface area contributed by atoms with Gasteiger partial charge in [0.05, 0.1) is 11.6 Å². The van der Waals surface area contributed by atoms with Gasteiger partial charge < -0.3 is 10.5 Å². The van der Waals surface area contributed by atoms with Crippen molar-refractivity contribution in [3.05, 3.63) is 58.1 Å². The van der Waals surface area contributed by atoms with Gasteiger partial charge in [-0.1, -0.05) is 28.1 Å². The van der Waals surface area contributed by atoms with Gasteiger partial charge in [0, 0.05) is 16.1 Å². The van der Waals surface area contributed by atoms with Crippen molar-refractivity contribution in [2.45, 2.75) is 13.0 Å². The summed E-state index contributed by atoms with van der Waals surface area (Å²) in [6.45, 7) is 1.90. The highest BCUT2D eigenvalue weighted by atomic mass is 79.9. The topological polar surface area (TPSA) is 59.0 Å². The Morgan fingerprint density at radius 1 is 1.26 bits per heavy atom. The van der Waals surface area contributed by atoms with Crippen LogP contribution in [0.25, 0.3) is 0 Å². The fourth-order valence-electron chi connectivity index (χ4n) is 1.73. The number of benzene rings is 2. The average molecular weight is 317 g/mol. The molecule has 0 heterocycles. The first-order valence-corrected chi connectivity index (χ1v) is 6.62.